The highest BCUT2D eigenvalue weighted by Gasteiger charge is 2.06. The van der Waals surface area contributed by atoms with Gasteiger partial charge in [-0.2, -0.15) is 5.26 Å². The van der Waals surface area contributed by atoms with Crippen LogP contribution in [0.15, 0.2) is 46.9 Å². The van der Waals surface area contributed by atoms with Gasteiger partial charge in [-0.05, 0) is 37.3 Å². The van der Waals surface area contributed by atoms with Crippen LogP contribution in [0.25, 0.3) is 0 Å². The predicted molar refractivity (Wildman–Crippen MR) is 76.5 cm³/mol. The molecular weight excluding hydrogens is 306 g/mol. The lowest BCUT2D eigenvalue weighted by molar-refractivity contribution is 0.321. The van der Waals surface area contributed by atoms with Gasteiger partial charge in [0.2, 0.25) is 0 Å². The fourth-order valence-corrected chi connectivity index (χ4v) is 2.09. The molecule has 4 heteroatoms. The van der Waals surface area contributed by atoms with Crippen molar-refractivity contribution >= 4 is 15.9 Å². The van der Waals surface area contributed by atoms with E-state index in [2.05, 4.69) is 22.0 Å². The molecule has 3 nitrogen and oxygen atoms in total. The fourth-order valence-electron chi connectivity index (χ4n) is 1.62. The molecule has 0 heterocycles. The molecule has 0 fully saturated rings. The number of ether oxygens (including phenoxy) is 2. The van der Waals surface area contributed by atoms with Crippen LogP contribution in [0.3, 0.4) is 0 Å². The summed E-state index contributed by atoms with van der Waals surface area (Å²) >= 11 is 3.35. The van der Waals surface area contributed by atoms with E-state index in [1.165, 1.54) is 0 Å². The summed E-state index contributed by atoms with van der Waals surface area (Å²) in [5.74, 6) is 1.91. The Labute approximate surface area is 120 Å². The highest BCUT2D eigenvalue weighted by molar-refractivity contribution is 9.10. The van der Waals surface area contributed by atoms with Gasteiger partial charge in [0.15, 0.2) is 11.5 Å². The molecule has 0 amide bonds. The zero-order valence-corrected chi connectivity index (χ0v) is 12.0. The molecule has 96 valence electrons. The van der Waals surface area contributed by atoms with Crippen LogP contribution in [0.5, 0.6) is 17.2 Å². The van der Waals surface area contributed by atoms with E-state index < -0.39 is 0 Å². The van der Waals surface area contributed by atoms with E-state index in [0.29, 0.717) is 29.4 Å². The van der Waals surface area contributed by atoms with Crippen molar-refractivity contribution in [2.75, 3.05) is 6.61 Å². The second kappa shape index (κ2) is 6.26. The molecule has 0 spiro atoms. The van der Waals surface area contributed by atoms with Crippen molar-refractivity contribution in [3.8, 4) is 23.3 Å². The van der Waals surface area contributed by atoms with Crippen LogP contribution in [0, 0.1) is 11.3 Å². The van der Waals surface area contributed by atoms with Crippen molar-refractivity contribution in [1.82, 2.24) is 0 Å². The van der Waals surface area contributed by atoms with Crippen LogP contribution in [-0.4, -0.2) is 6.61 Å². The summed E-state index contributed by atoms with van der Waals surface area (Å²) in [6.07, 6.45) is 0. The second-order valence-corrected chi connectivity index (χ2v) is 4.68. The van der Waals surface area contributed by atoms with Crippen molar-refractivity contribution in [3.63, 3.8) is 0 Å². The summed E-state index contributed by atoms with van der Waals surface area (Å²) in [6.45, 7) is 2.49. The van der Waals surface area contributed by atoms with Gasteiger partial charge in [-0.1, -0.05) is 28.1 Å². The SMILES string of the molecule is CCOc1ccccc1Oc1cc(Br)cc(C#N)c1. The first kappa shape index (κ1) is 13.4. The minimum atomic E-state index is 0.540. The molecule has 0 aliphatic carbocycles. The Morgan fingerprint density at radius 2 is 1.89 bits per heavy atom. The van der Waals surface area contributed by atoms with Gasteiger partial charge in [0.1, 0.15) is 5.75 Å². The molecule has 2 aromatic rings. The van der Waals surface area contributed by atoms with E-state index in [0.717, 1.165) is 4.47 Å². The van der Waals surface area contributed by atoms with Gasteiger partial charge >= 0.3 is 0 Å². The number of benzene rings is 2. The minimum absolute atomic E-state index is 0.540. The predicted octanol–water partition coefficient (Wildman–Crippen LogP) is 4.51. The fraction of sp³-hybridized carbons (Fsp3) is 0.133. The van der Waals surface area contributed by atoms with Crippen molar-refractivity contribution in [3.05, 3.63) is 52.5 Å². The molecule has 0 bridgehead atoms. The maximum atomic E-state index is 8.94. The van der Waals surface area contributed by atoms with Gasteiger partial charge in [-0.3, -0.25) is 0 Å². The minimum Gasteiger partial charge on any atom is -0.490 e. The number of para-hydroxylation sites is 2. The van der Waals surface area contributed by atoms with E-state index in [1.54, 1.807) is 12.1 Å². The number of rotatable bonds is 4. The maximum Gasteiger partial charge on any atom is 0.169 e. The average molecular weight is 318 g/mol. The van der Waals surface area contributed by atoms with Crippen molar-refractivity contribution < 1.29 is 9.47 Å². The van der Waals surface area contributed by atoms with E-state index in [-0.39, 0.29) is 0 Å². The maximum absolute atomic E-state index is 8.94. The summed E-state index contributed by atoms with van der Waals surface area (Å²) in [7, 11) is 0. The molecule has 0 atom stereocenters. The monoisotopic (exact) mass is 317 g/mol. The summed E-state index contributed by atoms with van der Waals surface area (Å²) in [4.78, 5) is 0. The molecule has 0 aliphatic heterocycles. The number of nitriles is 1. The third kappa shape index (κ3) is 3.49. The molecule has 0 unspecified atom stereocenters. The Morgan fingerprint density at radius 3 is 2.58 bits per heavy atom. The van der Waals surface area contributed by atoms with Crippen molar-refractivity contribution in [1.29, 1.82) is 5.26 Å². The Morgan fingerprint density at radius 1 is 1.16 bits per heavy atom. The zero-order valence-electron chi connectivity index (χ0n) is 10.4. The molecule has 19 heavy (non-hydrogen) atoms. The number of halogens is 1. The quantitative estimate of drug-likeness (QED) is 0.833. The number of hydrogen-bond acceptors (Lipinski definition) is 3. The normalized spacial score (nSPS) is 9.74. The average Bonchev–Trinajstić information content (AvgIpc) is 2.40. The first-order valence-corrected chi connectivity index (χ1v) is 6.62. The molecule has 0 radical (unpaired) electrons. The van der Waals surface area contributed by atoms with Gasteiger partial charge in [0, 0.05) is 4.47 Å². The largest absolute Gasteiger partial charge is 0.490 e. The van der Waals surface area contributed by atoms with E-state index in [4.69, 9.17) is 14.7 Å². The van der Waals surface area contributed by atoms with Crippen LogP contribution in [-0.2, 0) is 0 Å². The first-order chi connectivity index (χ1) is 9.22. The smallest absolute Gasteiger partial charge is 0.169 e. The Kier molecular flexibility index (Phi) is 4.43. The van der Waals surface area contributed by atoms with Crippen LogP contribution in [0.4, 0.5) is 0 Å². The van der Waals surface area contributed by atoms with Gasteiger partial charge < -0.3 is 9.47 Å². The first-order valence-electron chi connectivity index (χ1n) is 5.83. The number of hydrogen-bond donors (Lipinski definition) is 0. The summed E-state index contributed by atoms with van der Waals surface area (Å²) in [5.41, 5.74) is 0.540. The standard InChI is InChI=1S/C15H12BrNO2/c1-2-18-14-5-3-4-6-15(14)19-13-8-11(10-17)7-12(16)9-13/h3-9H,2H2,1H3. The van der Waals surface area contributed by atoms with Gasteiger partial charge in [-0.25, -0.2) is 0 Å². The molecule has 2 rings (SSSR count). The van der Waals surface area contributed by atoms with Crippen molar-refractivity contribution in [2.24, 2.45) is 0 Å². The third-order valence-electron chi connectivity index (χ3n) is 2.38. The highest BCUT2D eigenvalue weighted by atomic mass is 79.9. The molecular formula is C15H12BrNO2. The van der Waals surface area contributed by atoms with E-state index in [9.17, 15) is 0 Å². The van der Waals surface area contributed by atoms with Crippen LogP contribution in [0.1, 0.15) is 12.5 Å². The summed E-state index contributed by atoms with van der Waals surface area (Å²) in [6, 6.07) is 14.8. The molecule has 0 aromatic heterocycles. The van der Waals surface area contributed by atoms with Crippen LogP contribution >= 0.6 is 15.9 Å². The lowest BCUT2D eigenvalue weighted by Crippen LogP contribution is -1.94. The molecule has 2 aromatic carbocycles. The van der Waals surface area contributed by atoms with E-state index in [1.807, 2.05) is 37.3 Å². The Balaban J connectivity index is 2.31. The lowest BCUT2D eigenvalue weighted by Gasteiger charge is -2.11. The van der Waals surface area contributed by atoms with Crippen LogP contribution in [0.2, 0.25) is 0 Å². The molecule has 0 saturated heterocycles. The molecule has 0 aliphatic rings. The molecule has 0 saturated carbocycles. The van der Waals surface area contributed by atoms with Crippen molar-refractivity contribution in [2.45, 2.75) is 6.92 Å². The summed E-state index contributed by atoms with van der Waals surface area (Å²) < 4.78 is 12.1. The third-order valence-corrected chi connectivity index (χ3v) is 2.84. The molecule has 0 N–H and O–H groups in total. The lowest BCUT2D eigenvalue weighted by atomic mass is 10.2. The van der Waals surface area contributed by atoms with Gasteiger partial charge in [-0.15, -0.1) is 0 Å². The van der Waals surface area contributed by atoms with E-state index >= 15 is 0 Å². The highest BCUT2D eigenvalue weighted by Crippen LogP contribution is 2.32. The van der Waals surface area contributed by atoms with Crippen LogP contribution < -0.4 is 9.47 Å². The Bertz CT molecular complexity index is 620. The van der Waals surface area contributed by atoms with Gasteiger partial charge in [0.05, 0.1) is 18.2 Å². The number of nitrogens with zero attached hydrogens (tertiary/aromatic N) is 1. The zero-order chi connectivity index (χ0) is 13.7. The van der Waals surface area contributed by atoms with Gasteiger partial charge in [0.25, 0.3) is 0 Å². The second-order valence-electron chi connectivity index (χ2n) is 3.77. The topological polar surface area (TPSA) is 42.2 Å². The Hall–Kier alpha value is -1.99. The summed E-state index contributed by atoms with van der Waals surface area (Å²) in [5, 5.41) is 8.94.